The van der Waals surface area contributed by atoms with E-state index in [2.05, 4.69) is 74.0 Å². The number of aromatic nitrogens is 2. The van der Waals surface area contributed by atoms with Crippen molar-refractivity contribution >= 4 is 28.5 Å². The zero-order chi connectivity index (χ0) is 21.0. The summed E-state index contributed by atoms with van der Waals surface area (Å²) in [5.41, 5.74) is 11.5. The van der Waals surface area contributed by atoms with Crippen LogP contribution in [-0.2, 0) is 0 Å². The fourth-order valence-electron chi connectivity index (χ4n) is 3.74. The molecule has 0 radical (unpaired) electrons. The highest BCUT2D eigenvalue weighted by atomic mass is 32.1. The van der Waals surface area contributed by atoms with E-state index < -0.39 is 0 Å². The number of piperazine rings is 1. The van der Waals surface area contributed by atoms with E-state index >= 15 is 0 Å². The lowest BCUT2D eigenvalue weighted by Gasteiger charge is -2.33. The molecule has 3 heterocycles. The summed E-state index contributed by atoms with van der Waals surface area (Å²) in [6, 6.07) is 23.0. The lowest BCUT2D eigenvalue weighted by atomic mass is 10.0. The number of nitrogens with two attached hydrogens (primary N) is 1. The van der Waals surface area contributed by atoms with Crippen LogP contribution in [0.1, 0.15) is 0 Å². The average molecular weight is 429 g/mol. The van der Waals surface area contributed by atoms with Gasteiger partial charge in [-0.1, -0.05) is 30.3 Å². The molecule has 1 unspecified atom stereocenters. The molecule has 0 aliphatic carbocycles. The molecule has 1 aliphatic heterocycles. The van der Waals surface area contributed by atoms with Gasteiger partial charge >= 0.3 is 0 Å². The second-order valence-electron chi connectivity index (χ2n) is 7.50. The summed E-state index contributed by atoms with van der Waals surface area (Å²) < 4.78 is 0. The van der Waals surface area contributed by atoms with E-state index in [0.29, 0.717) is 0 Å². The van der Waals surface area contributed by atoms with E-state index in [1.165, 1.54) is 16.8 Å². The molecule has 31 heavy (non-hydrogen) atoms. The Balaban J connectivity index is 1.27. The minimum Gasteiger partial charge on any atom is -0.367 e. The van der Waals surface area contributed by atoms with Crippen LogP contribution in [0.4, 0.5) is 17.2 Å². The van der Waals surface area contributed by atoms with E-state index in [1.54, 1.807) is 17.5 Å². The molecule has 1 fully saturated rings. The van der Waals surface area contributed by atoms with E-state index in [1.807, 2.05) is 23.6 Å². The largest absolute Gasteiger partial charge is 0.367 e. The predicted molar refractivity (Wildman–Crippen MR) is 129 cm³/mol. The molecular formula is C24H24N6S. The minimum atomic E-state index is 0.0326. The van der Waals surface area contributed by atoms with Gasteiger partial charge in [-0.2, -0.15) is 0 Å². The number of hydrogen-bond acceptors (Lipinski definition) is 7. The number of benzene rings is 2. The zero-order valence-corrected chi connectivity index (χ0v) is 17.8. The number of pyridine rings is 1. The lowest BCUT2D eigenvalue weighted by molar-refractivity contribution is 0.469. The highest BCUT2D eigenvalue weighted by molar-refractivity contribution is 7.13. The van der Waals surface area contributed by atoms with Gasteiger partial charge in [0.1, 0.15) is 16.5 Å². The molecule has 2 aromatic heterocycles. The molecule has 0 saturated carbocycles. The molecular weight excluding hydrogens is 404 g/mol. The second-order valence-corrected chi connectivity index (χ2v) is 8.40. The van der Waals surface area contributed by atoms with E-state index in [4.69, 9.17) is 5.73 Å². The summed E-state index contributed by atoms with van der Waals surface area (Å²) in [5, 5.41) is 9.54. The van der Waals surface area contributed by atoms with Gasteiger partial charge in [-0.3, -0.25) is 5.32 Å². The van der Waals surface area contributed by atoms with E-state index in [-0.39, 0.29) is 6.17 Å². The Bertz CT molecular complexity index is 1130. The summed E-state index contributed by atoms with van der Waals surface area (Å²) >= 11 is 1.59. The molecule has 1 saturated heterocycles. The summed E-state index contributed by atoms with van der Waals surface area (Å²) in [4.78, 5) is 11.3. The molecule has 1 aliphatic rings. The summed E-state index contributed by atoms with van der Waals surface area (Å²) in [5.74, 6) is 0.805. The Hall–Kier alpha value is -3.26. The first-order valence-corrected chi connectivity index (χ1v) is 11.2. The van der Waals surface area contributed by atoms with E-state index in [9.17, 15) is 0 Å². The normalized spacial score (nSPS) is 16.3. The van der Waals surface area contributed by atoms with Crippen molar-refractivity contribution in [2.45, 2.75) is 6.17 Å². The Morgan fingerprint density at radius 3 is 2.48 bits per heavy atom. The van der Waals surface area contributed by atoms with Gasteiger partial charge in [0.05, 0.1) is 6.17 Å². The first kappa shape index (κ1) is 19.7. The fraction of sp³-hybridized carbons (Fsp3) is 0.167. The van der Waals surface area contributed by atoms with Crippen molar-refractivity contribution < 1.29 is 0 Å². The maximum absolute atomic E-state index is 6.02. The van der Waals surface area contributed by atoms with Crippen molar-refractivity contribution in [1.82, 2.24) is 15.3 Å². The number of nitrogens with zero attached hydrogens (tertiary/aromatic N) is 3. The Kier molecular flexibility index (Phi) is 5.62. The number of thiazole rings is 1. The maximum atomic E-state index is 6.02. The molecule has 6 nitrogen and oxygen atoms in total. The van der Waals surface area contributed by atoms with Crippen LogP contribution in [0.2, 0.25) is 0 Å². The predicted octanol–water partition coefficient (Wildman–Crippen LogP) is 4.31. The van der Waals surface area contributed by atoms with Crippen LogP contribution in [0, 0.1) is 0 Å². The van der Waals surface area contributed by atoms with Crippen molar-refractivity contribution in [3.63, 3.8) is 0 Å². The van der Waals surface area contributed by atoms with Crippen LogP contribution in [-0.4, -0.2) is 35.8 Å². The van der Waals surface area contributed by atoms with Gasteiger partial charge in [0.25, 0.3) is 0 Å². The van der Waals surface area contributed by atoms with Gasteiger partial charge in [-0.25, -0.2) is 9.97 Å². The molecule has 0 spiro atoms. The molecule has 156 valence electrons. The van der Waals surface area contributed by atoms with Crippen LogP contribution in [0.3, 0.4) is 0 Å². The third kappa shape index (κ3) is 4.59. The number of rotatable bonds is 5. The highest BCUT2D eigenvalue weighted by Crippen LogP contribution is 2.27. The van der Waals surface area contributed by atoms with Gasteiger partial charge in [0.15, 0.2) is 0 Å². The van der Waals surface area contributed by atoms with Crippen molar-refractivity contribution in [2.75, 3.05) is 29.9 Å². The third-order valence-corrected chi connectivity index (χ3v) is 6.12. The monoisotopic (exact) mass is 428 g/mol. The van der Waals surface area contributed by atoms with Crippen molar-refractivity contribution in [3.8, 4) is 21.8 Å². The SMILES string of the molecule is NC1CN(c2ccc(-c3ccc(Nc4cccc(-c5nccs5)n4)cc3)cc2)CCN1. The molecule has 1 atom stereocenters. The molecule has 2 aromatic carbocycles. The zero-order valence-electron chi connectivity index (χ0n) is 17.0. The first-order chi connectivity index (χ1) is 15.2. The standard InChI is InChI=1S/C24H24N6S/c25-22-16-30(14-12-26-22)20-10-6-18(7-11-20)17-4-8-19(9-5-17)28-23-3-1-2-21(29-23)24-27-13-15-31-24/h1-11,13,15,22,26H,12,14,16,25H2,(H,28,29). The van der Waals surface area contributed by atoms with Gasteiger partial charge in [-0.15, -0.1) is 11.3 Å². The molecule has 4 aromatic rings. The summed E-state index contributed by atoms with van der Waals surface area (Å²) in [6.45, 7) is 2.72. The van der Waals surface area contributed by atoms with Crippen LogP contribution in [0.5, 0.6) is 0 Å². The lowest BCUT2D eigenvalue weighted by Crippen LogP contribution is -2.55. The highest BCUT2D eigenvalue weighted by Gasteiger charge is 2.16. The topological polar surface area (TPSA) is 79.1 Å². The number of anilines is 3. The summed E-state index contributed by atoms with van der Waals surface area (Å²) in [6.07, 6.45) is 1.83. The molecule has 0 amide bonds. The van der Waals surface area contributed by atoms with Crippen LogP contribution in [0.25, 0.3) is 21.8 Å². The molecule has 0 bridgehead atoms. The van der Waals surface area contributed by atoms with Crippen molar-refractivity contribution in [1.29, 1.82) is 0 Å². The van der Waals surface area contributed by atoms with Crippen molar-refractivity contribution in [3.05, 3.63) is 78.3 Å². The smallest absolute Gasteiger partial charge is 0.141 e. The summed E-state index contributed by atoms with van der Waals surface area (Å²) in [7, 11) is 0. The number of hydrogen-bond donors (Lipinski definition) is 3. The van der Waals surface area contributed by atoms with Gasteiger partial charge in [0, 0.05) is 42.6 Å². The average Bonchev–Trinajstić information content (AvgIpc) is 3.35. The van der Waals surface area contributed by atoms with Crippen LogP contribution >= 0.6 is 11.3 Å². The van der Waals surface area contributed by atoms with Gasteiger partial charge < -0.3 is 16.0 Å². The van der Waals surface area contributed by atoms with Crippen LogP contribution < -0.4 is 21.3 Å². The molecule has 5 rings (SSSR count). The second kappa shape index (κ2) is 8.85. The Labute approximate surface area is 185 Å². The Morgan fingerprint density at radius 2 is 1.77 bits per heavy atom. The Morgan fingerprint density at radius 1 is 1.00 bits per heavy atom. The van der Waals surface area contributed by atoms with Crippen LogP contribution in [0.15, 0.2) is 78.3 Å². The minimum absolute atomic E-state index is 0.0326. The quantitative estimate of drug-likeness (QED) is 0.440. The maximum Gasteiger partial charge on any atom is 0.141 e. The van der Waals surface area contributed by atoms with Gasteiger partial charge in [-0.05, 0) is 47.5 Å². The molecule has 4 N–H and O–H groups in total. The van der Waals surface area contributed by atoms with E-state index in [0.717, 1.165) is 41.8 Å². The first-order valence-electron chi connectivity index (χ1n) is 10.3. The molecule has 7 heteroatoms. The fourth-order valence-corrected chi connectivity index (χ4v) is 4.35. The number of nitrogens with one attached hydrogen (secondary N) is 2. The van der Waals surface area contributed by atoms with Crippen molar-refractivity contribution in [2.24, 2.45) is 5.73 Å². The van der Waals surface area contributed by atoms with Gasteiger partial charge in [0.2, 0.25) is 0 Å². The third-order valence-electron chi connectivity index (χ3n) is 5.33.